The number of nitrogens with zero attached hydrogens (tertiary/aromatic N) is 2. The van der Waals surface area contributed by atoms with Crippen LogP contribution in [0.3, 0.4) is 0 Å². The fourth-order valence-corrected chi connectivity index (χ4v) is 3.27. The molecule has 28 heavy (non-hydrogen) atoms. The Hall–Kier alpha value is -2.80. The summed E-state index contributed by atoms with van der Waals surface area (Å²) in [5.74, 6) is 1.12. The van der Waals surface area contributed by atoms with E-state index < -0.39 is 0 Å². The van der Waals surface area contributed by atoms with Crippen LogP contribution in [0.4, 0.5) is 9.18 Å². The molecule has 1 fully saturated rings. The summed E-state index contributed by atoms with van der Waals surface area (Å²) in [5.41, 5.74) is 1.62. The lowest BCUT2D eigenvalue weighted by atomic mass is 10.1. The Bertz CT molecular complexity index is 807. The fourth-order valence-electron chi connectivity index (χ4n) is 3.27. The number of piperazine rings is 1. The number of rotatable bonds is 6. The molecule has 1 aliphatic heterocycles. The van der Waals surface area contributed by atoms with Gasteiger partial charge in [-0.05, 0) is 23.8 Å². The van der Waals surface area contributed by atoms with Crippen LogP contribution in [0.25, 0.3) is 0 Å². The van der Waals surface area contributed by atoms with Crippen molar-refractivity contribution in [3.8, 4) is 11.5 Å². The predicted molar refractivity (Wildman–Crippen MR) is 105 cm³/mol. The second kappa shape index (κ2) is 9.41. The van der Waals surface area contributed by atoms with Crippen LogP contribution in [0, 0.1) is 5.82 Å². The highest BCUT2D eigenvalue weighted by Gasteiger charge is 2.21. The molecule has 0 saturated carbocycles. The summed E-state index contributed by atoms with van der Waals surface area (Å²) in [6, 6.07) is 12.2. The van der Waals surface area contributed by atoms with E-state index in [1.54, 1.807) is 37.3 Å². The van der Waals surface area contributed by atoms with Gasteiger partial charge in [-0.3, -0.25) is 4.90 Å². The number of nitrogens with one attached hydrogen (secondary N) is 1. The van der Waals surface area contributed by atoms with Crippen molar-refractivity contribution in [1.82, 2.24) is 15.1 Å². The van der Waals surface area contributed by atoms with Crippen LogP contribution in [-0.4, -0.2) is 56.2 Å². The molecule has 0 unspecified atom stereocenters. The van der Waals surface area contributed by atoms with Crippen molar-refractivity contribution in [1.29, 1.82) is 0 Å². The lowest BCUT2D eigenvalue weighted by molar-refractivity contribution is 0.135. The van der Waals surface area contributed by atoms with Crippen molar-refractivity contribution >= 4 is 6.03 Å². The van der Waals surface area contributed by atoms with E-state index in [0.717, 1.165) is 25.2 Å². The number of ether oxygens (including phenoxy) is 2. The molecule has 2 aromatic rings. The van der Waals surface area contributed by atoms with E-state index in [1.165, 1.54) is 6.07 Å². The largest absolute Gasteiger partial charge is 0.493 e. The minimum Gasteiger partial charge on any atom is -0.493 e. The van der Waals surface area contributed by atoms with E-state index in [0.29, 0.717) is 30.2 Å². The molecule has 0 atom stereocenters. The summed E-state index contributed by atoms with van der Waals surface area (Å²) < 4.78 is 24.3. The average Bonchev–Trinajstić information content (AvgIpc) is 2.73. The highest BCUT2D eigenvalue weighted by molar-refractivity contribution is 5.74. The molecule has 150 valence electrons. The van der Waals surface area contributed by atoms with E-state index in [2.05, 4.69) is 10.2 Å². The van der Waals surface area contributed by atoms with Gasteiger partial charge >= 0.3 is 6.03 Å². The minimum absolute atomic E-state index is 0.158. The first-order valence-electron chi connectivity index (χ1n) is 9.30. The van der Waals surface area contributed by atoms with E-state index in [-0.39, 0.29) is 18.4 Å². The van der Waals surface area contributed by atoms with E-state index >= 15 is 0 Å². The predicted octanol–water partition coefficient (Wildman–Crippen LogP) is 2.87. The number of amides is 2. The molecule has 6 nitrogen and oxygen atoms in total. The molecule has 0 bridgehead atoms. The summed E-state index contributed by atoms with van der Waals surface area (Å²) in [5, 5.41) is 2.80. The Morgan fingerprint density at radius 1 is 1.04 bits per heavy atom. The molecule has 7 heteroatoms. The van der Waals surface area contributed by atoms with Gasteiger partial charge < -0.3 is 19.7 Å². The van der Waals surface area contributed by atoms with Gasteiger partial charge in [0.25, 0.3) is 0 Å². The molecule has 0 radical (unpaired) electrons. The maximum Gasteiger partial charge on any atom is 0.317 e. The fraction of sp³-hybridized carbons (Fsp3) is 0.381. The summed E-state index contributed by atoms with van der Waals surface area (Å²) in [7, 11) is 3.24. The quantitative estimate of drug-likeness (QED) is 0.828. The molecule has 2 aromatic carbocycles. The molecule has 1 heterocycles. The Kier molecular flexibility index (Phi) is 6.71. The highest BCUT2D eigenvalue weighted by Crippen LogP contribution is 2.28. The molecular formula is C21H26FN3O3. The van der Waals surface area contributed by atoms with Gasteiger partial charge in [0.2, 0.25) is 0 Å². The van der Waals surface area contributed by atoms with Crippen LogP contribution in [0.2, 0.25) is 0 Å². The van der Waals surface area contributed by atoms with Crippen LogP contribution in [0.1, 0.15) is 11.1 Å². The lowest BCUT2D eigenvalue weighted by Crippen LogP contribution is -2.51. The molecule has 3 rings (SSSR count). The van der Waals surface area contributed by atoms with Gasteiger partial charge in [-0.15, -0.1) is 0 Å². The first-order valence-corrected chi connectivity index (χ1v) is 9.30. The van der Waals surface area contributed by atoms with Crippen LogP contribution < -0.4 is 14.8 Å². The number of carbonyl (C=O) groups is 1. The monoisotopic (exact) mass is 387 g/mol. The number of urea groups is 1. The topological polar surface area (TPSA) is 54.0 Å². The minimum atomic E-state index is -0.303. The number of hydrogen-bond acceptors (Lipinski definition) is 4. The van der Waals surface area contributed by atoms with Crippen molar-refractivity contribution < 1.29 is 18.7 Å². The molecule has 1 saturated heterocycles. The average molecular weight is 387 g/mol. The summed E-state index contributed by atoms with van der Waals surface area (Å²) in [4.78, 5) is 16.4. The van der Waals surface area contributed by atoms with Gasteiger partial charge in [0.15, 0.2) is 11.5 Å². The number of hydrogen-bond donors (Lipinski definition) is 1. The number of halogens is 1. The van der Waals surface area contributed by atoms with Crippen LogP contribution in [0.5, 0.6) is 11.5 Å². The molecule has 0 aromatic heterocycles. The number of benzene rings is 2. The Morgan fingerprint density at radius 3 is 2.43 bits per heavy atom. The Labute approximate surface area is 164 Å². The SMILES string of the molecule is COc1ccc(CN2CCN(C(=O)NCc3ccccc3F)CC2)cc1OC. The third-order valence-corrected chi connectivity index (χ3v) is 4.90. The van der Waals surface area contributed by atoms with Gasteiger partial charge in [0.05, 0.1) is 14.2 Å². The number of carbonyl (C=O) groups excluding carboxylic acids is 1. The van der Waals surface area contributed by atoms with Crippen LogP contribution >= 0.6 is 0 Å². The molecule has 2 amide bonds. The zero-order valence-corrected chi connectivity index (χ0v) is 16.3. The van der Waals surface area contributed by atoms with Crippen molar-refractivity contribution in [3.63, 3.8) is 0 Å². The van der Waals surface area contributed by atoms with Gasteiger partial charge in [-0.1, -0.05) is 24.3 Å². The second-order valence-electron chi connectivity index (χ2n) is 6.70. The maximum absolute atomic E-state index is 13.7. The Balaban J connectivity index is 1.47. The van der Waals surface area contributed by atoms with E-state index in [4.69, 9.17) is 9.47 Å². The first kappa shape index (κ1) is 19.9. The van der Waals surface area contributed by atoms with Crippen LogP contribution in [0.15, 0.2) is 42.5 Å². The lowest BCUT2D eigenvalue weighted by Gasteiger charge is -2.34. The standard InChI is InChI=1S/C21H26FN3O3/c1-27-19-8-7-16(13-20(19)28-2)15-24-9-11-25(12-10-24)21(26)23-14-17-5-3-4-6-18(17)22/h3-8,13H,9-12,14-15H2,1-2H3,(H,23,26). The van der Waals surface area contributed by atoms with E-state index in [1.807, 2.05) is 18.2 Å². The smallest absolute Gasteiger partial charge is 0.317 e. The third-order valence-electron chi connectivity index (χ3n) is 4.90. The van der Waals surface area contributed by atoms with Crippen molar-refractivity contribution in [2.75, 3.05) is 40.4 Å². The molecule has 0 spiro atoms. The maximum atomic E-state index is 13.7. The molecule has 0 aliphatic carbocycles. The van der Waals surface area contributed by atoms with Crippen molar-refractivity contribution in [3.05, 3.63) is 59.4 Å². The summed E-state index contributed by atoms with van der Waals surface area (Å²) in [6.45, 7) is 3.80. The summed E-state index contributed by atoms with van der Waals surface area (Å²) in [6.07, 6.45) is 0. The molecule has 1 aliphatic rings. The van der Waals surface area contributed by atoms with E-state index in [9.17, 15) is 9.18 Å². The van der Waals surface area contributed by atoms with Crippen molar-refractivity contribution in [2.45, 2.75) is 13.1 Å². The normalized spacial score (nSPS) is 14.6. The third kappa shape index (κ3) is 4.92. The number of methoxy groups -OCH3 is 2. The second-order valence-corrected chi connectivity index (χ2v) is 6.70. The van der Waals surface area contributed by atoms with Gasteiger partial charge in [0, 0.05) is 44.8 Å². The summed E-state index contributed by atoms with van der Waals surface area (Å²) >= 11 is 0. The van der Waals surface area contributed by atoms with Gasteiger partial charge in [-0.25, -0.2) is 9.18 Å². The molecular weight excluding hydrogens is 361 g/mol. The molecule has 1 N–H and O–H groups in total. The van der Waals surface area contributed by atoms with Gasteiger partial charge in [0.1, 0.15) is 5.82 Å². The first-order chi connectivity index (χ1) is 13.6. The highest BCUT2D eigenvalue weighted by atomic mass is 19.1. The Morgan fingerprint density at radius 2 is 1.75 bits per heavy atom. The van der Waals surface area contributed by atoms with Crippen molar-refractivity contribution in [2.24, 2.45) is 0 Å². The van der Waals surface area contributed by atoms with Crippen LogP contribution in [-0.2, 0) is 13.1 Å². The zero-order valence-electron chi connectivity index (χ0n) is 16.3. The zero-order chi connectivity index (χ0) is 19.9. The van der Waals surface area contributed by atoms with Gasteiger partial charge in [-0.2, -0.15) is 0 Å².